The molecule has 234 valence electrons. The van der Waals surface area contributed by atoms with E-state index in [0.29, 0.717) is 17.7 Å². The summed E-state index contributed by atoms with van der Waals surface area (Å²) in [5, 5.41) is 32.0. The molecule has 1 unspecified atom stereocenters. The number of ether oxygens (including phenoxy) is 2. The highest BCUT2D eigenvalue weighted by atomic mass is 19.1. The van der Waals surface area contributed by atoms with E-state index >= 15 is 8.78 Å². The number of carbonyl (C=O) groups excluding carboxylic acids is 1. The molecule has 0 bridgehead atoms. The second-order valence-corrected chi connectivity index (χ2v) is 13.8. The van der Waals surface area contributed by atoms with Crippen molar-refractivity contribution in [1.82, 2.24) is 0 Å². The Morgan fingerprint density at radius 3 is 2.52 bits per heavy atom. The molecule has 1 saturated heterocycles. The van der Waals surface area contributed by atoms with Crippen LogP contribution in [0.1, 0.15) is 56.1 Å². The van der Waals surface area contributed by atoms with E-state index < -0.39 is 77.1 Å². The SMILES string of the molecule is C[C@]12C=CC(O)C=C1[C@@H](F)C[C@H]1[C@@H]3C[C@H]4O[C@@H](c5ccc(Cc6cccc(N)c6)cc5)O[C@@]4(C(=O)CO)[C@@]3(C)C[C@H](O)[C@@]12F. The standard InChI is InChI=1S/C35H39F2NO6/c1-32-11-10-23(40)14-26(32)27(36)15-25-24-16-30-35(29(42)18-39,33(24,2)17-28(41)34(25,32)37)44-31(43-30)21-8-6-19(7-9-21)12-20-4-3-5-22(38)13-20/h3-11,13-14,23-25,27-28,30-31,39-41H,12,15-18,38H2,1-2H3/t23?,24-,25-,27-,28-,30+,31+,32-,33-,34-,35+/m0/s1. The highest BCUT2D eigenvalue weighted by Crippen LogP contribution is 2.72. The number of aliphatic hydroxyl groups is 3. The molecule has 3 saturated carbocycles. The molecule has 4 aliphatic carbocycles. The van der Waals surface area contributed by atoms with Gasteiger partial charge in [-0.25, -0.2) is 8.78 Å². The largest absolute Gasteiger partial charge is 0.399 e. The van der Waals surface area contributed by atoms with Crippen molar-refractivity contribution in [3.63, 3.8) is 0 Å². The molecule has 5 N–H and O–H groups in total. The average Bonchev–Trinajstić information content (AvgIpc) is 3.49. The maximum atomic E-state index is 17.6. The minimum absolute atomic E-state index is 0.139. The minimum Gasteiger partial charge on any atom is -0.399 e. The van der Waals surface area contributed by atoms with Crippen LogP contribution in [0, 0.1) is 22.7 Å². The number of nitrogens with two attached hydrogens (primary N) is 1. The van der Waals surface area contributed by atoms with Crippen LogP contribution in [0.5, 0.6) is 0 Å². The molecule has 11 atom stereocenters. The number of hydrogen-bond donors (Lipinski definition) is 4. The monoisotopic (exact) mass is 607 g/mol. The second kappa shape index (κ2) is 10.0. The summed E-state index contributed by atoms with van der Waals surface area (Å²) in [6.45, 7) is 2.55. The molecule has 7 nitrogen and oxygen atoms in total. The smallest absolute Gasteiger partial charge is 0.193 e. The lowest BCUT2D eigenvalue weighted by Crippen LogP contribution is -2.70. The van der Waals surface area contributed by atoms with Crippen LogP contribution in [-0.2, 0) is 20.7 Å². The number of fused-ring (bicyclic) bond motifs is 7. The predicted octanol–water partition coefficient (Wildman–Crippen LogP) is 4.29. The molecule has 2 aromatic rings. The summed E-state index contributed by atoms with van der Waals surface area (Å²) in [7, 11) is 0. The van der Waals surface area contributed by atoms with Gasteiger partial charge in [-0.05, 0) is 73.4 Å². The normalized spacial score (nSPS) is 43.9. The summed E-state index contributed by atoms with van der Waals surface area (Å²) in [5.41, 5.74) is 3.04. The lowest BCUT2D eigenvalue weighted by molar-refractivity contribution is -0.235. The number of rotatable bonds is 5. The third kappa shape index (κ3) is 3.86. The summed E-state index contributed by atoms with van der Waals surface area (Å²) in [5.74, 6) is -2.12. The van der Waals surface area contributed by atoms with Crippen molar-refractivity contribution in [3.8, 4) is 0 Å². The van der Waals surface area contributed by atoms with Gasteiger partial charge in [-0.1, -0.05) is 55.5 Å². The zero-order valence-electron chi connectivity index (χ0n) is 24.8. The molecule has 44 heavy (non-hydrogen) atoms. The van der Waals surface area contributed by atoms with Crippen molar-refractivity contribution >= 4 is 11.5 Å². The molecule has 0 radical (unpaired) electrons. The van der Waals surface area contributed by atoms with Gasteiger partial charge in [-0.3, -0.25) is 4.79 Å². The Labute approximate surface area is 255 Å². The quantitative estimate of drug-likeness (QED) is 0.296. The summed E-state index contributed by atoms with van der Waals surface area (Å²) in [6.07, 6.45) is -1.06. The first-order valence-corrected chi connectivity index (χ1v) is 15.4. The Bertz CT molecular complexity index is 1550. The summed E-state index contributed by atoms with van der Waals surface area (Å²) < 4.78 is 46.4. The van der Waals surface area contributed by atoms with Crippen molar-refractivity contribution in [1.29, 1.82) is 0 Å². The molecule has 1 heterocycles. The molecule has 7 rings (SSSR count). The summed E-state index contributed by atoms with van der Waals surface area (Å²) >= 11 is 0. The second-order valence-electron chi connectivity index (χ2n) is 13.8. The fourth-order valence-electron chi connectivity index (χ4n) is 9.56. The van der Waals surface area contributed by atoms with Crippen LogP contribution < -0.4 is 5.73 Å². The molecule has 4 fully saturated rings. The van der Waals surface area contributed by atoms with Gasteiger partial charge < -0.3 is 30.5 Å². The third-order valence-corrected chi connectivity index (χ3v) is 11.6. The van der Waals surface area contributed by atoms with E-state index in [1.165, 1.54) is 18.2 Å². The number of benzene rings is 2. The molecule has 5 aliphatic rings. The fourth-order valence-corrected chi connectivity index (χ4v) is 9.56. The summed E-state index contributed by atoms with van der Waals surface area (Å²) in [6, 6.07) is 15.3. The van der Waals surface area contributed by atoms with Gasteiger partial charge in [0, 0.05) is 28.0 Å². The van der Waals surface area contributed by atoms with Crippen LogP contribution in [0.15, 0.2) is 72.3 Å². The Hall–Kier alpha value is -2.95. The zero-order valence-corrected chi connectivity index (χ0v) is 24.8. The predicted molar refractivity (Wildman–Crippen MR) is 159 cm³/mol. The Kier molecular flexibility index (Phi) is 6.78. The molecular weight excluding hydrogens is 568 g/mol. The molecule has 2 aromatic carbocycles. The highest BCUT2D eigenvalue weighted by molar-refractivity contribution is 5.91. The van der Waals surface area contributed by atoms with Crippen LogP contribution >= 0.6 is 0 Å². The van der Waals surface area contributed by atoms with Crippen LogP contribution in [0.2, 0.25) is 0 Å². The molecule has 0 spiro atoms. The lowest BCUT2D eigenvalue weighted by Gasteiger charge is -2.63. The maximum absolute atomic E-state index is 17.6. The Balaban J connectivity index is 1.21. The molecule has 1 aliphatic heterocycles. The first-order chi connectivity index (χ1) is 20.9. The number of ketones is 1. The number of Topliss-reactive ketones (excluding diaryl/α,β-unsaturated/α-hetero) is 1. The first-order valence-electron chi connectivity index (χ1n) is 15.4. The molecular formula is C35H39F2NO6. The van der Waals surface area contributed by atoms with Crippen LogP contribution in [0.25, 0.3) is 0 Å². The number of anilines is 1. The zero-order chi connectivity index (χ0) is 31.2. The number of aliphatic hydroxyl groups excluding tert-OH is 3. The molecule has 0 aromatic heterocycles. The van der Waals surface area contributed by atoms with Crippen molar-refractivity contribution in [2.24, 2.45) is 22.7 Å². The Morgan fingerprint density at radius 1 is 1.07 bits per heavy atom. The average molecular weight is 608 g/mol. The van der Waals surface area contributed by atoms with Gasteiger partial charge >= 0.3 is 0 Å². The van der Waals surface area contributed by atoms with Crippen molar-refractivity contribution in [2.75, 3.05) is 12.3 Å². The highest BCUT2D eigenvalue weighted by Gasteiger charge is 2.80. The molecule has 0 amide bonds. The maximum Gasteiger partial charge on any atom is 0.193 e. The van der Waals surface area contributed by atoms with Crippen molar-refractivity contribution in [3.05, 3.63) is 89.0 Å². The number of allylic oxidation sites excluding steroid dienone is 2. The van der Waals surface area contributed by atoms with E-state index in [9.17, 15) is 20.1 Å². The van der Waals surface area contributed by atoms with E-state index in [2.05, 4.69) is 0 Å². The molecule has 9 heteroatoms. The van der Waals surface area contributed by atoms with E-state index in [0.717, 1.165) is 11.1 Å². The van der Waals surface area contributed by atoms with E-state index in [1.807, 2.05) is 48.5 Å². The topological polar surface area (TPSA) is 122 Å². The number of alkyl halides is 2. The van der Waals surface area contributed by atoms with Crippen LogP contribution in [0.3, 0.4) is 0 Å². The minimum atomic E-state index is -2.25. The van der Waals surface area contributed by atoms with E-state index in [4.69, 9.17) is 15.2 Å². The van der Waals surface area contributed by atoms with Crippen LogP contribution in [-0.4, -0.2) is 63.5 Å². The van der Waals surface area contributed by atoms with Crippen molar-refractivity contribution < 1.29 is 38.4 Å². The van der Waals surface area contributed by atoms with Gasteiger partial charge in [0.2, 0.25) is 0 Å². The van der Waals surface area contributed by atoms with Gasteiger partial charge in [-0.2, -0.15) is 0 Å². The number of hydrogen-bond acceptors (Lipinski definition) is 7. The van der Waals surface area contributed by atoms with Gasteiger partial charge in [0.15, 0.2) is 23.3 Å². The fraction of sp³-hybridized carbons (Fsp3) is 0.514. The first kappa shape index (κ1) is 29.7. The van der Waals surface area contributed by atoms with E-state index in [-0.39, 0.29) is 24.8 Å². The number of halogens is 2. The number of nitrogen functional groups attached to an aromatic ring is 1. The van der Waals surface area contributed by atoms with E-state index in [1.54, 1.807) is 13.8 Å². The van der Waals surface area contributed by atoms with Gasteiger partial charge in [-0.15, -0.1) is 0 Å². The Morgan fingerprint density at radius 2 is 1.82 bits per heavy atom. The third-order valence-electron chi connectivity index (χ3n) is 11.6. The van der Waals surface area contributed by atoms with Crippen molar-refractivity contribution in [2.45, 2.75) is 81.6 Å². The van der Waals surface area contributed by atoms with Crippen LogP contribution in [0.4, 0.5) is 14.5 Å². The van der Waals surface area contributed by atoms with Gasteiger partial charge in [0.1, 0.15) is 12.8 Å². The van der Waals surface area contributed by atoms with Gasteiger partial charge in [0.05, 0.1) is 18.3 Å². The lowest BCUT2D eigenvalue weighted by atomic mass is 9.44. The number of carbonyl (C=O) groups is 1. The van der Waals surface area contributed by atoms with Gasteiger partial charge in [0.25, 0.3) is 0 Å². The summed E-state index contributed by atoms with van der Waals surface area (Å²) in [4.78, 5) is 13.7.